The second kappa shape index (κ2) is 6.58. The molecule has 1 amide bonds. The number of carbonyl (C=O) groups is 1. The minimum atomic E-state index is 0.277. The molecule has 1 aliphatic rings. The van der Waals surface area contributed by atoms with Gasteiger partial charge in [0.2, 0.25) is 5.91 Å². The Morgan fingerprint density at radius 2 is 2.32 bits per heavy atom. The molecule has 1 aliphatic heterocycles. The number of hydrogen-bond acceptors (Lipinski definition) is 3. The molecule has 0 radical (unpaired) electrons. The van der Waals surface area contributed by atoms with Gasteiger partial charge in [0.15, 0.2) is 0 Å². The first-order valence-corrected chi connectivity index (χ1v) is 7.21. The van der Waals surface area contributed by atoms with Crippen LogP contribution < -0.4 is 5.32 Å². The minimum absolute atomic E-state index is 0.277. The van der Waals surface area contributed by atoms with E-state index in [0.717, 1.165) is 42.6 Å². The van der Waals surface area contributed by atoms with Gasteiger partial charge >= 0.3 is 0 Å². The molecule has 0 bridgehead atoms. The molecule has 5 heteroatoms. The smallest absolute Gasteiger partial charge is 0.222 e. The van der Waals surface area contributed by atoms with Crippen molar-refractivity contribution in [3.05, 3.63) is 28.2 Å². The molecule has 19 heavy (non-hydrogen) atoms. The van der Waals surface area contributed by atoms with Crippen molar-refractivity contribution in [2.45, 2.75) is 19.3 Å². The van der Waals surface area contributed by atoms with E-state index in [2.05, 4.69) is 27.3 Å². The van der Waals surface area contributed by atoms with Gasteiger partial charge in [-0.15, -0.1) is 0 Å². The summed E-state index contributed by atoms with van der Waals surface area (Å²) in [6, 6.07) is 7.58. The zero-order chi connectivity index (χ0) is 13.7. The lowest BCUT2D eigenvalue weighted by atomic mass is 10.2. The highest BCUT2D eigenvalue weighted by Crippen LogP contribution is 2.23. The predicted octanol–water partition coefficient (Wildman–Crippen LogP) is 2.75. The first-order chi connectivity index (χ1) is 9.20. The van der Waals surface area contributed by atoms with E-state index in [4.69, 9.17) is 5.26 Å². The van der Waals surface area contributed by atoms with E-state index in [1.54, 1.807) is 12.1 Å². The lowest BCUT2D eigenvalue weighted by molar-refractivity contribution is -0.127. The summed E-state index contributed by atoms with van der Waals surface area (Å²) in [7, 11) is 0. The van der Waals surface area contributed by atoms with Crippen LogP contribution >= 0.6 is 15.9 Å². The lowest BCUT2D eigenvalue weighted by Crippen LogP contribution is -2.26. The van der Waals surface area contributed by atoms with E-state index in [1.165, 1.54) is 0 Å². The van der Waals surface area contributed by atoms with Gasteiger partial charge in [-0.25, -0.2) is 0 Å². The summed E-state index contributed by atoms with van der Waals surface area (Å²) in [5, 5.41) is 12.1. The van der Waals surface area contributed by atoms with E-state index in [9.17, 15) is 4.79 Å². The minimum Gasteiger partial charge on any atom is -0.384 e. The number of nitriles is 1. The zero-order valence-electron chi connectivity index (χ0n) is 10.7. The van der Waals surface area contributed by atoms with Crippen LogP contribution in [0.15, 0.2) is 22.7 Å². The fourth-order valence-corrected chi connectivity index (χ4v) is 2.68. The molecule has 1 aromatic carbocycles. The van der Waals surface area contributed by atoms with Crippen molar-refractivity contribution >= 4 is 27.5 Å². The zero-order valence-corrected chi connectivity index (χ0v) is 12.2. The van der Waals surface area contributed by atoms with Gasteiger partial charge in [0.1, 0.15) is 0 Å². The second-order valence-electron chi connectivity index (χ2n) is 4.57. The van der Waals surface area contributed by atoms with Crippen LogP contribution in [-0.4, -0.2) is 30.4 Å². The van der Waals surface area contributed by atoms with Gasteiger partial charge in [0, 0.05) is 36.2 Å². The number of halogens is 1. The molecular formula is C14H16BrN3O. The molecule has 1 aromatic rings. The van der Waals surface area contributed by atoms with E-state index in [-0.39, 0.29) is 5.91 Å². The van der Waals surface area contributed by atoms with E-state index in [1.807, 2.05) is 11.0 Å². The number of likely N-dealkylation sites (tertiary alicyclic amines) is 1. The van der Waals surface area contributed by atoms with Crippen LogP contribution in [0.4, 0.5) is 5.69 Å². The van der Waals surface area contributed by atoms with E-state index in [0.29, 0.717) is 12.0 Å². The van der Waals surface area contributed by atoms with Crippen LogP contribution in [0.3, 0.4) is 0 Å². The molecular weight excluding hydrogens is 306 g/mol. The average Bonchev–Trinajstić information content (AvgIpc) is 2.81. The van der Waals surface area contributed by atoms with E-state index < -0.39 is 0 Å². The molecule has 0 aliphatic carbocycles. The number of anilines is 1. The van der Waals surface area contributed by atoms with Gasteiger partial charge in [-0.1, -0.05) is 0 Å². The Labute approximate surface area is 121 Å². The average molecular weight is 322 g/mol. The van der Waals surface area contributed by atoms with Crippen molar-refractivity contribution in [1.82, 2.24) is 4.90 Å². The van der Waals surface area contributed by atoms with Crippen molar-refractivity contribution in [3.8, 4) is 6.07 Å². The van der Waals surface area contributed by atoms with Gasteiger partial charge in [0.25, 0.3) is 0 Å². The molecule has 0 atom stereocenters. The van der Waals surface area contributed by atoms with Gasteiger partial charge in [-0.05, 0) is 47.0 Å². The van der Waals surface area contributed by atoms with Crippen molar-refractivity contribution in [3.63, 3.8) is 0 Å². The Balaban J connectivity index is 1.77. The highest BCUT2D eigenvalue weighted by atomic mass is 79.9. The number of rotatable bonds is 5. The third-order valence-electron chi connectivity index (χ3n) is 3.19. The Bertz CT molecular complexity index is 510. The summed E-state index contributed by atoms with van der Waals surface area (Å²) in [4.78, 5) is 13.4. The molecule has 2 rings (SSSR count). The third-order valence-corrected chi connectivity index (χ3v) is 3.85. The van der Waals surface area contributed by atoms with Crippen LogP contribution in [0.1, 0.15) is 24.8 Å². The monoisotopic (exact) mass is 321 g/mol. The van der Waals surface area contributed by atoms with Crippen LogP contribution in [0.2, 0.25) is 0 Å². The third kappa shape index (κ3) is 3.71. The fourth-order valence-electron chi connectivity index (χ4n) is 2.16. The Kier molecular flexibility index (Phi) is 4.80. The standard InChI is InChI=1S/C14H16BrN3O/c15-12-9-11(10-16)4-5-13(12)17-6-2-8-18-7-1-3-14(18)19/h4-5,9,17H,1-3,6-8H2. The fraction of sp³-hybridized carbons (Fsp3) is 0.429. The molecule has 4 nitrogen and oxygen atoms in total. The number of hydrogen-bond donors (Lipinski definition) is 1. The summed E-state index contributed by atoms with van der Waals surface area (Å²) < 4.78 is 0.892. The molecule has 1 heterocycles. The predicted molar refractivity (Wildman–Crippen MR) is 77.8 cm³/mol. The van der Waals surface area contributed by atoms with Gasteiger partial charge in [-0.3, -0.25) is 4.79 Å². The Morgan fingerprint density at radius 3 is 2.95 bits per heavy atom. The van der Waals surface area contributed by atoms with Crippen LogP contribution in [0.5, 0.6) is 0 Å². The van der Waals surface area contributed by atoms with Crippen molar-refractivity contribution in [2.24, 2.45) is 0 Å². The number of carbonyl (C=O) groups excluding carboxylic acids is 1. The van der Waals surface area contributed by atoms with Gasteiger partial charge in [0.05, 0.1) is 11.6 Å². The van der Waals surface area contributed by atoms with Crippen molar-refractivity contribution in [1.29, 1.82) is 5.26 Å². The highest BCUT2D eigenvalue weighted by Gasteiger charge is 2.18. The quantitative estimate of drug-likeness (QED) is 0.848. The van der Waals surface area contributed by atoms with E-state index >= 15 is 0 Å². The summed E-state index contributed by atoms with van der Waals surface area (Å²) >= 11 is 3.44. The molecule has 1 N–H and O–H groups in total. The van der Waals surface area contributed by atoms with Crippen molar-refractivity contribution in [2.75, 3.05) is 25.0 Å². The van der Waals surface area contributed by atoms with Crippen LogP contribution in [0.25, 0.3) is 0 Å². The van der Waals surface area contributed by atoms with Crippen LogP contribution in [-0.2, 0) is 4.79 Å². The maximum atomic E-state index is 11.4. The Hall–Kier alpha value is -1.54. The summed E-state index contributed by atoms with van der Waals surface area (Å²) in [6.45, 7) is 2.54. The topological polar surface area (TPSA) is 56.1 Å². The number of amides is 1. The molecule has 1 saturated heterocycles. The van der Waals surface area contributed by atoms with Crippen molar-refractivity contribution < 1.29 is 4.79 Å². The first kappa shape index (κ1) is 13.9. The van der Waals surface area contributed by atoms with Gasteiger partial charge < -0.3 is 10.2 Å². The summed E-state index contributed by atoms with van der Waals surface area (Å²) in [5.74, 6) is 0.277. The molecule has 0 spiro atoms. The SMILES string of the molecule is N#Cc1ccc(NCCCN2CCCC2=O)c(Br)c1. The Morgan fingerprint density at radius 1 is 1.47 bits per heavy atom. The maximum absolute atomic E-state index is 11.4. The molecule has 0 saturated carbocycles. The summed E-state index contributed by atoms with van der Waals surface area (Å²) in [6.07, 6.45) is 2.63. The number of nitrogens with zero attached hydrogens (tertiary/aromatic N) is 2. The molecule has 0 unspecified atom stereocenters. The molecule has 0 aromatic heterocycles. The normalized spacial score (nSPS) is 14.5. The molecule has 1 fully saturated rings. The van der Waals surface area contributed by atoms with Crippen LogP contribution in [0, 0.1) is 11.3 Å². The summed E-state index contributed by atoms with van der Waals surface area (Å²) in [5.41, 5.74) is 1.62. The number of benzene rings is 1. The highest BCUT2D eigenvalue weighted by molar-refractivity contribution is 9.10. The van der Waals surface area contributed by atoms with Gasteiger partial charge in [-0.2, -0.15) is 5.26 Å². The largest absolute Gasteiger partial charge is 0.384 e. The lowest BCUT2D eigenvalue weighted by Gasteiger charge is -2.16. The second-order valence-corrected chi connectivity index (χ2v) is 5.43. The maximum Gasteiger partial charge on any atom is 0.222 e. The first-order valence-electron chi connectivity index (χ1n) is 6.42. The molecule has 100 valence electrons. The number of nitrogens with one attached hydrogen (secondary N) is 1.